The molecule has 88 valence electrons. The lowest BCUT2D eigenvalue weighted by molar-refractivity contribution is -0.136. The van der Waals surface area contributed by atoms with Crippen molar-refractivity contribution in [3.05, 3.63) is 0 Å². The Morgan fingerprint density at radius 1 is 1.53 bits per heavy atom. The molecule has 1 heterocycles. The predicted molar refractivity (Wildman–Crippen MR) is 62.7 cm³/mol. The first-order valence-corrected chi connectivity index (χ1v) is 6.14. The van der Waals surface area contributed by atoms with Gasteiger partial charge in [-0.2, -0.15) is 0 Å². The molecule has 3 heteroatoms. The van der Waals surface area contributed by atoms with Crippen molar-refractivity contribution < 1.29 is 4.79 Å². The summed E-state index contributed by atoms with van der Waals surface area (Å²) in [6.45, 7) is 10.1. The molecule has 0 radical (unpaired) electrons. The highest BCUT2D eigenvalue weighted by Crippen LogP contribution is 2.14. The Labute approximate surface area is 93.2 Å². The molecule has 1 N–H and O–H groups in total. The number of nitrogens with zero attached hydrogens (tertiary/aromatic N) is 1. The molecular formula is C12H24N2O. The van der Waals surface area contributed by atoms with E-state index in [0.29, 0.717) is 11.8 Å². The van der Waals surface area contributed by atoms with Crippen molar-refractivity contribution in [3.63, 3.8) is 0 Å². The van der Waals surface area contributed by atoms with E-state index in [4.69, 9.17) is 0 Å². The van der Waals surface area contributed by atoms with Gasteiger partial charge in [-0.05, 0) is 32.2 Å². The zero-order chi connectivity index (χ0) is 11.3. The van der Waals surface area contributed by atoms with E-state index < -0.39 is 0 Å². The molecule has 0 aromatic rings. The molecule has 0 unspecified atom stereocenters. The Kier molecular flexibility index (Phi) is 5.09. The third-order valence-electron chi connectivity index (χ3n) is 2.93. The third-order valence-corrected chi connectivity index (χ3v) is 2.93. The quantitative estimate of drug-likeness (QED) is 0.766. The minimum absolute atomic E-state index is 0.220. The Balaban J connectivity index is 2.47. The molecule has 1 amide bonds. The van der Waals surface area contributed by atoms with Gasteiger partial charge in [0, 0.05) is 19.6 Å². The summed E-state index contributed by atoms with van der Waals surface area (Å²) in [7, 11) is 0. The van der Waals surface area contributed by atoms with Gasteiger partial charge in [-0.25, -0.2) is 0 Å². The van der Waals surface area contributed by atoms with E-state index in [0.717, 1.165) is 39.0 Å². The zero-order valence-electron chi connectivity index (χ0n) is 10.3. The smallest absolute Gasteiger partial charge is 0.226 e. The molecule has 0 aliphatic carbocycles. The topological polar surface area (TPSA) is 32.3 Å². The molecule has 3 nitrogen and oxygen atoms in total. The molecular weight excluding hydrogens is 188 g/mol. The fourth-order valence-electron chi connectivity index (χ4n) is 2.14. The van der Waals surface area contributed by atoms with Gasteiger partial charge in [-0.15, -0.1) is 0 Å². The minimum atomic E-state index is 0.220. The van der Waals surface area contributed by atoms with Gasteiger partial charge in [0.25, 0.3) is 0 Å². The highest BCUT2D eigenvalue weighted by atomic mass is 16.2. The van der Waals surface area contributed by atoms with Gasteiger partial charge in [-0.1, -0.05) is 13.8 Å². The second-order valence-corrected chi connectivity index (χ2v) is 4.81. The van der Waals surface area contributed by atoms with Crippen LogP contribution >= 0.6 is 0 Å². The Morgan fingerprint density at radius 3 is 2.73 bits per heavy atom. The molecule has 0 spiro atoms. The predicted octanol–water partition coefficient (Wildman–Crippen LogP) is 1.49. The lowest BCUT2D eigenvalue weighted by atomic mass is 9.97. The summed E-state index contributed by atoms with van der Waals surface area (Å²) in [5, 5.41) is 3.30. The molecule has 1 fully saturated rings. The van der Waals surface area contributed by atoms with Gasteiger partial charge < -0.3 is 10.2 Å². The van der Waals surface area contributed by atoms with Crippen molar-refractivity contribution in [1.29, 1.82) is 0 Å². The lowest BCUT2D eigenvalue weighted by Gasteiger charge is -2.30. The van der Waals surface area contributed by atoms with E-state index in [2.05, 4.69) is 26.1 Å². The van der Waals surface area contributed by atoms with Crippen molar-refractivity contribution >= 4 is 5.91 Å². The van der Waals surface area contributed by atoms with E-state index in [1.165, 1.54) is 0 Å². The summed E-state index contributed by atoms with van der Waals surface area (Å²) in [5.74, 6) is 1.13. The molecule has 1 aliphatic rings. The monoisotopic (exact) mass is 212 g/mol. The first-order valence-electron chi connectivity index (χ1n) is 6.14. The second kappa shape index (κ2) is 6.11. The van der Waals surface area contributed by atoms with Crippen LogP contribution in [-0.4, -0.2) is 37.0 Å². The van der Waals surface area contributed by atoms with Gasteiger partial charge in [-0.3, -0.25) is 4.79 Å². The van der Waals surface area contributed by atoms with Crippen molar-refractivity contribution in [2.24, 2.45) is 11.8 Å². The molecule has 1 atom stereocenters. The Morgan fingerprint density at radius 2 is 2.27 bits per heavy atom. The number of hydrogen-bond acceptors (Lipinski definition) is 2. The van der Waals surface area contributed by atoms with Crippen LogP contribution in [0.5, 0.6) is 0 Å². The van der Waals surface area contributed by atoms with E-state index >= 15 is 0 Å². The van der Waals surface area contributed by atoms with Crippen molar-refractivity contribution in [2.45, 2.75) is 33.6 Å². The van der Waals surface area contributed by atoms with Crippen molar-refractivity contribution in [3.8, 4) is 0 Å². The molecule has 1 rings (SSSR count). The van der Waals surface area contributed by atoms with Gasteiger partial charge in [0.15, 0.2) is 0 Å². The average Bonchev–Trinajstić information content (AvgIpc) is 2.26. The van der Waals surface area contributed by atoms with Crippen LogP contribution in [0.2, 0.25) is 0 Å². The van der Waals surface area contributed by atoms with E-state index in [-0.39, 0.29) is 5.92 Å². The molecule has 0 saturated carbocycles. The van der Waals surface area contributed by atoms with Gasteiger partial charge in [0.2, 0.25) is 5.91 Å². The molecule has 1 aliphatic heterocycles. The third kappa shape index (κ3) is 3.82. The van der Waals surface area contributed by atoms with Crippen LogP contribution in [0.15, 0.2) is 0 Å². The van der Waals surface area contributed by atoms with Crippen LogP contribution < -0.4 is 5.32 Å². The minimum Gasteiger partial charge on any atom is -0.342 e. The summed E-state index contributed by atoms with van der Waals surface area (Å²) in [6.07, 6.45) is 2.19. The van der Waals surface area contributed by atoms with Crippen molar-refractivity contribution in [2.75, 3.05) is 26.2 Å². The zero-order valence-corrected chi connectivity index (χ0v) is 10.3. The number of nitrogens with one attached hydrogen (secondary N) is 1. The van der Waals surface area contributed by atoms with Gasteiger partial charge >= 0.3 is 0 Å². The molecule has 15 heavy (non-hydrogen) atoms. The number of amides is 1. The highest BCUT2D eigenvalue weighted by molar-refractivity contribution is 5.79. The van der Waals surface area contributed by atoms with E-state index in [1.54, 1.807) is 0 Å². The van der Waals surface area contributed by atoms with E-state index in [1.807, 2.05) is 4.90 Å². The maximum atomic E-state index is 12.2. The summed E-state index contributed by atoms with van der Waals surface area (Å²) in [4.78, 5) is 14.2. The molecule has 0 bridgehead atoms. The van der Waals surface area contributed by atoms with Gasteiger partial charge in [0.05, 0.1) is 5.92 Å². The summed E-state index contributed by atoms with van der Waals surface area (Å²) in [5.41, 5.74) is 0. The lowest BCUT2D eigenvalue weighted by Crippen LogP contribution is -2.44. The first-order chi connectivity index (χ1) is 7.15. The maximum absolute atomic E-state index is 12.2. The highest BCUT2D eigenvalue weighted by Gasteiger charge is 2.25. The van der Waals surface area contributed by atoms with Crippen LogP contribution in [0.25, 0.3) is 0 Å². The standard InChI is InChI=1S/C12H24N2O/c1-4-14(9-10(2)3)12(15)11-6-5-7-13-8-11/h10-11,13H,4-9H2,1-3H3/t11-/m0/s1. The maximum Gasteiger partial charge on any atom is 0.226 e. The molecule has 0 aromatic carbocycles. The number of rotatable bonds is 4. The van der Waals surface area contributed by atoms with Gasteiger partial charge in [0.1, 0.15) is 0 Å². The number of carbonyl (C=O) groups excluding carboxylic acids is 1. The summed E-state index contributed by atoms with van der Waals surface area (Å²) < 4.78 is 0. The second-order valence-electron chi connectivity index (χ2n) is 4.81. The summed E-state index contributed by atoms with van der Waals surface area (Å²) >= 11 is 0. The van der Waals surface area contributed by atoms with Crippen molar-refractivity contribution in [1.82, 2.24) is 10.2 Å². The van der Waals surface area contributed by atoms with E-state index in [9.17, 15) is 4.79 Å². The Bertz CT molecular complexity index is 198. The fourth-order valence-corrected chi connectivity index (χ4v) is 2.14. The average molecular weight is 212 g/mol. The summed E-state index contributed by atoms with van der Waals surface area (Å²) in [6, 6.07) is 0. The van der Waals surface area contributed by atoms with Crippen LogP contribution in [0.4, 0.5) is 0 Å². The fraction of sp³-hybridized carbons (Fsp3) is 0.917. The first kappa shape index (κ1) is 12.5. The number of carbonyl (C=O) groups is 1. The largest absolute Gasteiger partial charge is 0.342 e. The SMILES string of the molecule is CCN(CC(C)C)C(=O)[C@H]1CCCNC1. The van der Waals surface area contributed by atoms with Crippen LogP contribution in [0.3, 0.4) is 0 Å². The van der Waals surface area contributed by atoms with Crippen LogP contribution in [0, 0.1) is 11.8 Å². The number of piperidine rings is 1. The molecule has 0 aromatic heterocycles. The Hall–Kier alpha value is -0.570. The van der Waals surface area contributed by atoms with Crippen LogP contribution in [-0.2, 0) is 4.79 Å². The number of hydrogen-bond donors (Lipinski definition) is 1. The van der Waals surface area contributed by atoms with Crippen LogP contribution in [0.1, 0.15) is 33.6 Å². The molecule has 1 saturated heterocycles. The normalized spacial score (nSPS) is 21.7.